The SMILES string of the molecule is CC(=O)c1cnn(-c2ccccc2Cl)c1C. The van der Waals surface area contributed by atoms with Crippen LogP contribution < -0.4 is 0 Å². The number of rotatable bonds is 2. The minimum Gasteiger partial charge on any atom is -0.294 e. The second-order valence-corrected chi connectivity index (χ2v) is 3.97. The van der Waals surface area contributed by atoms with Gasteiger partial charge in [-0.15, -0.1) is 0 Å². The number of benzene rings is 1. The van der Waals surface area contributed by atoms with Gasteiger partial charge in [0.25, 0.3) is 0 Å². The highest BCUT2D eigenvalue weighted by molar-refractivity contribution is 6.32. The van der Waals surface area contributed by atoms with Gasteiger partial charge in [0, 0.05) is 0 Å². The van der Waals surface area contributed by atoms with Crippen molar-refractivity contribution in [1.29, 1.82) is 0 Å². The van der Waals surface area contributed by atoms with Crippen molar-refractivity contribution in [3.8, 4) is 5.69 Å². The van der Waals surface area contributed by atoms with E-state index in [4.69, 9.17) is 11.6 Å². The van der Waals surface area contributed by atoms with Crippen LogP contribution in [-0.2, 0) is 0 Å². The number of hydrogen-bond donors (Lipinski definition) is 0. The van der Waals surface area contributed by atoms with Gasteiger partial charge < -0.3 is 0 Å². The lowest BCUT2D eigenvalue weighted by Gasteiger charge is -2.06. The maximum atomic E-state index is 11.3. The van der Waals surface area contributed by atoms with E-state index in [1.54, 1.807) is 16.9 Å². The third-order valence-electron chi connectivity index (χ3n) is 2.47. The molecular weight excluding hydrogens is 224 g/mol. The first kappa shape index (κ1) is 10.9. The van der Waals surface area contributed by atoms with E-state index in [1.165, 1.54) is 6.92 Å². The van der Waals surface area contributed by atoms with Crippen LogP contribution in [0.1, 0.15) is 23.0 Å². The lowest BCUT2D eigenvalue weighted by molar-refractivity contribution is 0.101. The van der Waals surface area contributed by atoms with Crippen LogP contribution in [0.5, 0.6) is 0 Å². The molecule has 4 heteroatoms. The van der Waals surface area contributed by atoms with Crippen LogP contribution in [0, 0.1) is 6.92 Å². The number of nitrogens with zero attached hydrogens (tertiary/aromatic N) is 2. The number of Topliss-reactive ketones (excluding diaryl/α,β-unsaturated/α-hetero) is 1. The Morgan fingerprint density at radius 2 is 2.06 bits per heavy atom. The first-order valence-electron chi connectivity index (χ1n) is 4.91. The maximum Gasteiger partial charge on any atom is 0.163 e. The van der Waals surface area contributed by atoms with Crippen LogP contribution in [-0.4, -0.2) is 15.6 Å². The minimum atomic E-state index is 0.0100. The lowest BCUT2D eigenvalue weighted by atomic mass is 10.2. The fourth-order valence-electron chi connectivity index (χ4n) is 1.62. The molecule has 0 radical (unpaired) electrons. The van der Waals surface area contributed by atoms with Crippen molar-refractivity contribution >= 4 is 17.4 Å². The number of para-hydroxylation sites is 1. The molecule has 0 amide bonds. The van der Waals surface area contributed by atoms with Crippen molar-refractivity contribution in [2.45, 2.75) is 13.8 Å². The van der Waals surface area contributed by atoms with Gasteiger partial charge in [0.1, 0.15) is 0 Å². The van der Waals surface area contributed by atoms with Crippen molar-refractivity contribution in [2.75, 3.05) is 0 Å². The summed E-state index contributed by atoms with van der Waals surface area (Å²) in [6.45, 7) is 3.38. The molecule has 0 atom stereocenters. The number of hydrogen-bond acceptors (Lipinski definition) is 2. The highest BCUT2D eigenvalue weighted by atomic mass is 35.5. The number of carbonyl (C=O) groups is 1. The van der Waals surface area contributed by atoms with Gasteiger partial charge in [-0.3, -0.25) is 4.79 Å². The lowest BCUT2D eigenvalue weighted by Crippen LogP contribution is -2.01. The van der Waals surface area contributed by atoms with Crippen LogP contribution in [0.3, 0.4) is 0 Å². The van der Waals surface area contributed by atoms with E-state index in [1.807, 2.05) is 25.1 Å². The molecule has 1 aromatic carbocycles. The first-order chi connectivity index (χ1) is 7.61. The molecule has 0 bridgehead atoms. The van der Waals surface area contributed by atoms with Gasteiger partial charge >= 0.3 is 0 Å². The highest BCUT2D eigenvalue weighted by Crippen LogP contribution is 2.21. The Kier molecular flexibility index (Phi) is 2.79. The van der Waals surface area contributed by atoms with Crippen molar-refractivity contribution in [1.82, 2.24) is 9.78 Å². The summed E-state index contributed by atoms with van der Waals surface area (Å²) in [4.78, 5) is 11.3. The summed E-state index contributed by atoms with van der Waals surface area (Å²) in [5.41, 5.74) is 2.22. The standard InChI is InChI=1S/C12H11ClN2O/c1-8-10(9(2)16)7-14-15(8)12-6-4-3-5-11(12)13/h3-7H,1-2H3. The van der Waals surface area contributed by atoms with Crippen LogP contribution in [0.25, 0.3) is 5.69 Å². The highest BCUT2D eigenvalue weighted by Gasteiger charge is 2.12. The minimum absolute atomic E-state index is 0.0100. The average molecular weight is 235 g/mol. The molecule has 0 aliphatic carbocycles. The molecule has 82 valence electrons. The molecule has 0 aliphatic heterocycles. The van der Waals surface area contributed by atoms with Crippen LogP contribution in [0.2, 0.25) is 5.02 Å². The molecule has 1 aromatic heterocycles. The maximum absolute atomic E-state index is 11.3. The smallest absolute Gasteiger partial charge is 0.163 e. The molecule has 2 aromatic rings. The van der Waals surface area contributed by atoms with Gasteiger partial charge in [-0.05, 0) is 26.0 Å². The molecule has 0 fully saturated rings. The normalized spacial score (nSPS) is 10.4. The van der Waals surface area contributed by atoms with E-state index in [2.05, 4.69) is 5.10 Å². The van der Waals surface area contributed by atoms with Gasteiger partial charge in [0.05, 0.1) is 28.2 Å². The van der Waals surface area contributed by atoms with E-state index < -0.39 is 0 Å². The molecular formula is C12H11ClN2O. The van der Waals surface area contributed by atoms with E-state index >= 15 is 0 Å². The van der Waals surface area contributed by atoms with Crippen molar-refractivity contribution in [2.24, 2.45) is 0 Å². The van der Waals surface area contributed by atoms with Crippen molar-refractivity contribution in [3.63, 3.8) is 0 Å². The van der Waals surface area contributed by atoms with Gasteiger partial charge in [-0.1, -0.05) is 23.7 Å². The summed E-state index contributed by atoms with van der Waals surface area (Å²) in [7, 11) is 0. The number of ketones is 1. The number of aromatic nitrogens is 2. The molecule has 0 aliphatic rings. The summed E-state index contributed by atoms with van der Waals surface area (Å²) in [5, 5.41) is 4.79. The van der Waals surface area contributed by atoms with Gasteiger partial charge in [0.2, 0.25) is 0 Å². The molecule has 0 unspecified atom stereocenters. The zero-order valence-electron chi connectivity index (χ0n) is 9.07. The van der Waals surface area contributed by atoms with Gasteiger partial charge in [0.15, 0.2) is 5.78 Å². The van der Waals surface area contributed by atoms with E-state index in [0.29, 0.717) is 10.6 Å². The van der Waals surface area contributed by atoms with Crippen molar-refractivity contribution in [3.05, 3.63) is 46.7 Å². The Labute approximate surface area is 98.7 Å². The largest absolute Gasteiger partial charge is 0.294 e. The van der Waals surface area contributed by atoms with Gasteiger partial charge in [-0.25, -0.2) is 4.68 Å². The molecule has 0 saturated carbocycles. The Morgan fingerprint density at radius 3 is 2.62 bits per heavy atom. The topological polar surface area (TPSA) is 34.9 Å². The predicted octanol–water partition coefficient (Wildman–Crippen LogP) is 3.04. The van der Waals surface area contributed by atoms with E-state index in [-0.39, 0.29) is 5.78 Å². The quantitative estimate of drug-likeness (QED) is 0.749. The molecule has 0 N–H and O–H groups in total. The Morgan fingerprint density at radius 1 is 1.38 bits per heavy atom. The molecule has 16 heavy (non-hydrogen) atoms. The van der Waals surface area contributed by atoms with Crippen molar-refractivity contribution < 1.29 is 4.79 Å². The Hall–Kier alpha value is -1.61. The van der Waals surface area contributed by atoms with E-state index in [0.717, 1.165) is 11.4 Å². The number of halogens is 1. The molecule has 0 saturated heterocycles. The fraction of sp³-hybridized carbons (Fsp3) is 0.167. The number of carbonyl (C=O) groups excluding carboxylic acids is 1. The summed E-state index contributed by atoms with van der Waals surface area (Å²) >= 11 is 6.07. The second kappa shape index (κ2) is 4.10. The summed E-state index contributed by atoms with van der Waals surface area (Å²) < 4.78 is 1.68. The second-order valence-electron chi connectivity index (χ2n) is 3.56. The summed E-state index contributed by atoms with van der Waals surface area (Å²) in [6.07, 6.45) is 1.57. The third-order valence-corrected chi connectivity index (χ3v) is 2.79. The molecule has 3 nitrogen and oxygen atoms in total. The Balaban J connectivity index is 2.58. The average Bonchev–Trinajstić information content (AvgIpc) is 2.61. The third kappa shape index (κ3) is 1.74. The summed E-state index contributed by atoms with van der Waals surface area (Å²) in [5.74, 6) is 0.0100. The zero-order valence-corrected chi connectivity index (χ0v) is 9.82. The Bertz CT molecular complexity index is 546. The zero-order chi connectivity index (χ0) is 11.7. The first-order valence-corrected chi connectivity index (χ1v) is 5.29. The van der Waals surface area contributed by atoms with Crippen LogP contribution in [0.4, 0.5) is 0 Å². The molecule has 2 rings (SSSR count). The molecule has 1 heterocycles. The predicted molar refractivity (Wildman–Crippen MR) is 63.3 cm³/mol. The summed E-state index contributed by atoms with van der Waals surface area (Å²) in [6, 6.07) is 7.41. The fourth-order valence-corrected chi connectivity index (χ4v) is 1.84. The molecule has 0 spiro atoms. The van der Waals surface area contributed by atoms with Crippen LogP contribution >= 0.6 is 11.6 Å². The van der Waals surface area contributed by atoms with E-state index in [9.17, 15) is 4.79 Å². The van der Waals surface area contributed by atoms with Crippen LogP contribution in [0.15, 0.2) is 30.5 Å². The monoisotopic (exact) mass is 234 g/mol. The van der Waals surface area contributed by atoms with Gasteiger partial charge in [-0.2, -0.15) is 5.10 Å².